The van der Waals surface area contributed by atoms with Gasteiger partial charge in [-0.1, -0.05) is 17.4 Å². The minimum Gasteiger partial charge on any atom is -0.336 e. The Bertz CT molecular complexity index is 676. The Morgan fingerprint density at radius 3 is 2.62 bits per heavy atom. The second kappa shape index (κ2) is 7.53. The van der Waals surface area contributed by atoms with Crippen molar-refractivity contribution in [1.29, 1.82) is 0 Å². The van der Waals surface area contributed by atoms with Gasteiger partial charge in [0.1, 0.15) is 0 Å². The maximum atomic E-state index is 12.4. The SMILES string of the molecule is CN(C)[C@H](CNC(=O)Nc1nnc(C(F)(F)F)s1)c1ccccn1. The van der Waals surface area contributed by atoms with E-state index >= 15 is 0 Å². The molecule has 0 radical (unpaired) electrons. The summed E-state index contributed by atoms with van der Waals surface area (Å²) in [4.78, 5) is 17.9. The third-order valence-corrected chi connectivity index (χ3v) is 3.88. The molecule has 2 aromatic heterocycles. The molecule has 7 nitrogen and oxygen atoms in total. The van der Waals surface area contributed by atoms with Gasteiger partial charge in [0, 0.05) is 12.7 Å². The Morgan fingerprint density at radius 2 is 2.08 bits per heavy atom. The van der Waals surface area contributed by atoms with Gasteiger partial charge in [0.05, 0.1) is 11.7 Å². The predicted octanol–water partition coefficient (Wildman–Crippen LogP) is 2.38. The molecule has 2 heterocycles. The molecular formula is C13H15F3N6OS. The summed E-state index contributed by atoms with van der Waals surface area (Å²) in [7, 11) is 3.67. The van der Waals surface area contributed by atoms with Crippen LogP contribution in [0.4, 0.5) is 23.1 Å². The zero-order valence-corrected chi connectivity index (χ0v) is 13.6. The Morgan fingerprint density at radius 1 is 1.33 bits per heavy atom. The highest BCUT2D eigenvalue weighted by Gasteiger charge is 2.35. The van der Waals surface area contributed by atoms with Crippen LogP contribution in [0.3, 0.4) is 0 Å². The fourth-order valence-corrected chi connectivity index (χ4v) is 2.45. The zero-order chi connectivity index (χ0) is 17.7. The van der Waals surface area contributed by atoms with E-state index in [9.17, 15) is 18.0 Å². The number of urea groups is 1. The van der Waals surface area contributed by atoms with Crippen LogP contribution in [0.5, 0.6) is 0 Å². The summed E-state index contributed by atoms with van der Waals surface area (Å²) in [6, 6.07) is 4.59. The van der Waals surface area contributed by atoms with Crippen LogP contribution in [0.2, 0.25) is 0 Å². The van der Waals surface area contributed by atoms with E-state index in [-0.39, 0.29) is 29.1 Å². The van der Waals surface area contributed by atoms with Crippen molar-refractivity contribution >= 4 is 22.5 Å². The first-order chi connectivity index (χ1) is 11.3. The molecule has 2 N–H and O–H groups in total. The molecule has 0 bridgehead atoms. The second-order valence-corrected chi connectivity index (χ2v) is 5.96. The van der Waals surface area contributed by atoms with Crippen molar-refractivity contribution in [3.05, 3.63) is 35.1 Å². The van der Waals surface area contributed by atoms with Gasteiger partial charge < -0.3 is 5.32 Å². The number of pyridine rings is 1. The van der Waals surface area contributed by atoms with Crippen molar-refractivity contribution in [3.8, 4) is 0 Å². The van der Waals surface area contributed by atoms with Crippen molar-refractivity contribution in [3.63, 3.8) is 0 Å². The lowest BCUT2D eigenvalue weighted by atomic mass is 10.1. The number of alkyl halides is 3. The summed E-state index contributed by atoms with van der Waals surface area (Å²) in [5.74, 6) is 0. The number of likely N-dealkylation sites (N-methyl/N-ethyl adjacent to an activating group) is 1. The minimum atomic E-state index is -4.58. The van der Waals surface area contributed by atoms with Crippen LogP contribution in [0.25, 0.3) is 0 Å². The Kier molecular flexibility index (Phi) is 5.67. The molecule has 0 aliphatic rings. The monoisotopic (exact) mass is 360 g/mol. The van der Waals surface area contributed by atoms with Gasteiger partial charge in [0.25, 0.3) is 0 Å². The second-order valence-electron chi connectivity index (χ2n) is 4.98. The van der Waals surface area contributed by atoms with Crippen LogP contribution in [-0.4, -0.2) is 46.8 Å². The fourth-order valence-electron chi connectivity index (χ4n) is 1.84. The van der Waals surface area contributed by atoms with Gasteiger partial charge in [-0.2, -0.15) is 13.2 Å². The highest BCUT2D eigenvalue weighted by Crippen LogP contribution is 2.32. The number of aromatic nitrogens is 3. The van der Waals surface area contributed by atoms with Crippen LogP contribution in [-0.2, 0) is 6.18 Å². The lowest BCUT2D eigenvalue weighted by Gasteiger charge is -2.23. The number of hydrogen-bond acceptors (Lipinski definition) is 6. The smallest absolute Gasteiger partial charge is 0.336 e. The lowest BCUT2D eigenvalue weighted by molar-refractivity contribution is -0.138. The number of nitrogens with zero attached hydrogens (tertiary/aromatic N) is 4. The molecule has 0 unspecified atom stereocenters. The van der Waals surface area contributed by atoms with Gasteiger partial charge in [-0.05, 0) is 26.2 Å². The molecule has 0 aliphatic heterocycles. The van der Waals surface area contributed by atoms with Gasteiger partial charge in [-0.25, -0.2) is 4.79 Å². The molecule has 130 valence electrons. The van der Waals surface area contributed by atoms with Crippen molar-refractivity contribution in [2.45, 2.75) is 12.2 Å². The molecule has 2 rings (SSSR count). The molecule has 2 aromatic rings. The van der Waals surface area contributed by atoms with E-state index in [0.29, 0.717) is 0 Å². The molecule has 0 spiro atoms. The number of halogens is 3. The van der Waals surface area contributed by atoms with E-state index in [4.69, 9.17) is 0 Å². The number of carbonyl (C=O) groups is 1. The maximum absolute atomic E-state index is 12.4. The molecule has 0 fully saturated rings. The highest BCUT2D eigenvalue weighted by molar-refractivity contribution is 7.15. The number of hydrogen-bond donors (Lipinski definition) is 2. The van der Waals surface area contributed by atoms with E-state index in [1.807, 2.05) is 31.1 Å². The number of nitrogens with one attached hydrogen (secondary N) is 2. The Balaban J connectivity index is 1.93. The minimum absolute atomic E-state index is 0.183. The van der Waals surface area contributed by atoms with Gasteiger partial charge in [0.2, 0.25) is 10.1 Å². The summed E-state index contributed by atoms with van der Waals surface area (Å²) >= 11 is 0.263. The number of rotatable bonds is 5. The fraction of sp³-hybridized carbons (Fsp3) is 0.385. The van der Waals surface area contributed by atoms with E-state index in [1.54, 1.807) is 12.3 Å². The van der Waals surface area contributed by atoms with Crippen LogP contribution >= 0.6 is 11.3 Å². The lowest BCUT2D eigenvalue weighted by Crippen LogP contribution is -2.37. The van der Waals surface area contributed by atoms with Crippen molar-refractivity contribution < 1.29 is 18.0 Å². The first-order valence-electron chi connectivity index (χ1n) is 6.80. The molecular weight excluding hydrogens is 345 g/mol. The van der Waals surface area contributed by atoms with Crippen molar-refractivity contribution in [2.75, 3.05) is 26.0 Å². The summed E-state index contributed by atoms with van der Waals surface area (Å²) in [6.45, 7) is 0.223. The molecule has 24 heavy (non-hydrogen) atoms. The van der Waals surface area contributed by atoms with Gasteiger partial charge in [0.15, 0.2) is 0 Å². The van der Waals surface area contributed by atoms with Gasteiger partial charge >= 0.3 is 12.2 Å². The third kappa shape index (κ3) is 4.86. The van der Waals surface area contributed by atoms with E-state index in [2.05, 4.69) is 25.8 Å². The van der Waals surface area contributed by atoms with E-state index < -0.39 is 17.2 Å². The Hall–Kier alpha value is -2.27. The molecule has 1 atom stereocenters. The molecule has 11 heteroatoms. The summed E-state index contributed by atoms with van der Waals surface area (Å²) in [5.41, 5.74) is 0.762. The standard InChI is InChI=1S/C13H15F3N6OS/c1-22(2)9(8-5-3-4-6-17-8)7-18-11(23)19-12-21-20-10(24-12)13(14,15)16/h3-6,9H,7H2,1-2H3,(H2,18,19,21,23)/t9-/m1/s1. The van der Waals surface area contributed by atoms with E-state index in [1.165, 1.54) is 0 Å². The van der Waals surface area contributed by atoms with Crippen LogP contribution in [0.1, 0.15) is 16.7 Å². The van der Waals surface area contributed by atoms with Crippen molar-refractivity contribution in [1.82, 2.24) is 25.4 Å². The molecule has 2 amide bonds. The number of anilines is 1. The van der Waals surface area contributed by atoms with Gasteiger partial charge in [-0.3, -0.25) is 15.2 Å². The average molecular weight is 360 g/mol. The van der Waals surface area contributed by atoms with E-state index in [0.717, 1.165) is 5.69 Å². The van der Waals surface area contributed by atoms with Crippen LogP contribution in [0, 0.1) is 0 Å². The quantitative estimate of drug-likeness (QED) is 0.855. The molecule has 0 saturated carbocycles. The third-order valence-electron chi connectivity index (χ3n) is 3.00. The highest BCUT2D eigenvalue weighted by atomic mass is 32.1. The largest absolute Gasteiger partial charge is 0.445 e. The normalized spacial score (nSPS) is 12.9. The summed E-state index contributed by atoms with van der Waals surface area (Å²) in [5, 5.41) is 9.78. The molecule has 0 saturated heterocycles. The molecule has 0 aliphatic carbocycles. The maximum Gasteiger partial charge on any atom is 0.445 e. The predicted molar refractivity (Wildman–Crippen MR) is 82.6 cm³/mol. The van der Waals surface area contributed by atoms with Gasteiger partial charge in [-0.15, -0.1) is 10.2 Å². The number of carbonyl (C=O) groups excluding carboxylic acids is 1. The van der Waals surface area contributed by atoms with Crippen LogP contribution in [0.15, 0.2) is 24.4 Å². The first-order valence-corrected chi connectivity index (χ1v) is 7.62. The van der Waals surface area contributed by atoms with Crippen molar-refractivity contribution in [2.24, 2.45) is 0 Å². The molecule has 0 aromatic carbocycles. The average Bonchev–Trinajstić information content (AvgIpc) is 2.97. The first kappa shape index (κ1) is 18.1. The summed E-state index contributed by atoms with van der Waals surface area (Å²) in [6.07, 6.45) is -2.94. The topological polar surface area (TPSA) is 83.0 Å². The number of amides is 2. The summed E-state index contributed by atoms with van der Waals surface area (Å²) < 4.78 is 37.3. The zero-order valence-electron chi connectivity index (χ0n) is 12.8. The van der Waals surface area contributed by atoms with Crippen LogP contribution < -0.4 is 10.6 Å². The Labute approximate surface area is 139 Å².